The summed E-state index contributed by atoms with van der Waals surface area (Å²) in [7, 11) is -2.13. The molecule has 1 heterocycles. The van der Waals surface area contributed by atoms with Gasteiger partial charge < -0.3 is 0 Å². The minimum Gasteiger partial charge on any atom is -0.206 e. The molecule has 0 aliphatic carbocycles. The van der Waals surface area contributed by atoms with Gasteiger partial charge in [0.15, 0.2) is 0 Å². The van der Waals surface area contributed by atoms with Crippen LogP contribution in [0.3, 0.4) is 0 Å². The van der Waals surface area contributed by atoms with E-state index in [-0.39, 0.29) is 10.8 Å². The van der Waals surface area contributed by atoms with Crippen molar-refractivity contribution in [2.75, 3.05) is 13.6 Å². The van der Waals surface area contributed by atoms with Crippen LogP contribution in [0.1, 0.15) is 0 Å². The van der Waals surface area contributed by atoms with E-state index in [4.69, 9.17) is 5.26 Å². The van der Waals surface area contributed by atoms with E-state index in [0.29, 0.717) is 4.47 Å². The van der Waals surface area contributed by atoms with E-state index < -0.39 is 10.0 Å². The summed E-state index contributed by atoms with van der Waals surface area (Å²) in [5.74, 6) is 0. The fourth-order valence-corrected chi connectivity index (χ4v) is 4.36. The van der Waals surface area contributed by atoms with Crippen LogP contribution in [0.2, 0.25) is 0 Å². The number of halogens is 1. The first kappa shape index (κ1) is 11.7. The summed E-state index contributed by atoms with van der Waals surface area (Å²) in [6.45, 7) is -0.146. The Balaban J connectivity index is 3.10. The summed E-state index contributed by atoms with van der Waals surface area (Å²) in [6.07, 6.45) is 0. The van der Waals surface area contributed by atoms with E-state index in [9.17, 15) is 8.42 Å². The SMILES string of the molecule is CN(CC#N)S(=O)(=O)c1sccc1Br. The van der Waals surface area contributed by atoms with Gasteiger partial charge in [-0.25, -0.2) is 8.42 Å². The van der Waals surface area contributed by atoms with E-state index in [1.807, 2.05) is 0 Å². The molecule has 4 nitrogen and oxygen atoms in total. The van der Waals surface area contributed by atoms with Crippen molar-refractivity contribution in [2.45, 2.75) is 4.21 Å². The third-order valence-corrected chi connectivity index (χ3v) is 5.97. The highest BCUT2D eigenvalue weighted by molar-refractivity contribution is 9.10. The number of sulfonamides is 1. The van der Waals surface area contributed by atoms with Crippen molar-refractivity contribution in [2.24, 2.45) is 0 Å². The van der Waals surface area contributed by atoms with Gasteiger partial charge in [-0.05, 0) is 27.4 Å². The van der Waals surface area contributed by atoms with Gasteiger partial charge in [0.25, 0.3) is 10.0 Å². The van der Waals surface area contributed by atoms with Gasteiger partial charge in [0.05, 0.1) is 6.07 Å². The lowest BCUT2D eigenvalue weighted by Gasteiger charge is -2.11. The fourth-order valence-electron chi connectivity index (χ4n) is 0.790. The predicted molar refractivity (Wildman–Crippen MR) is 57.4 cm³/mol. The van der Waals surface area contributed by atoms with Gasteiger partial charge in [0.2, 0.25) is 0 Å². The van der Waals surface area contributed by atoms with Crippen molar-refractivity contribution >= 4 is 37.3 Å². The Labute approximate surface area is 94.9 Å². The van der Waals surface area contributed by atoms with Crippen LogP contribution in [0.15, 0.2) is 20.1 Å². The molecule has 0 saturated heterocycles. The molecular weight excluding hydrogens is 288 g/mol. The molecule has 0 atom stereocenters. The summed E-state index contributed by atoms with van der Waals surface area (Å²) in [4.78, 5) is 0. The maximum Gasteiger partial charge on any atom is 0.254 e. The number of hydrogen-bond donors (Lipinski definition) is 0. The second-order valence-electron chi connectivity index (χ2n) is 2.48. The third kappa shape index (κ3) is 2.15. The first-order valence-electron chi connectivity index (χ1n) is 3.56. The number of rotatable bonds is 3. The molecule has 14 heavy (non-hydrogen) atoms. The Morgan fingerprint density at radius 3 is 2.79 bits per heavy atom. The van der Waals surface area contributed by atoms with Crippen LogP contribution in [-0.4, -0.2) is 26.3 Å². The molecule has 7 heteroatoms. The van der Waals surface area contributed by atoms with E-state index in [1.54, 1.807) is 17.5 Å². The topological polar surface area (TPSA) is 61.2 Å². The van der Waals surface area contributed by atoms with Crippen molar-refractivity contribution in [3.8, 4) is 6.07 Å². The monoisotopic (exact) mass is 294 g/mol. The summed E-state index contributed by atoms with van der Waals surface area (Å²) < 4.78 is 25.3. The summed E-state index contributed by atoms with van der Waals surface area (Å²) in [5, 5.41) is 10.1. The average molecular weight is 295 g/mol. The van der Waals surface area contributed by atoms with Crippen molar-refractivity contribution in [3.05, 3.63) is 15.9 Å². The fraction of sp³-hybridized carbons (Fsp3) is 0.286. The molecule has 0 amide bonds. The van der Waals surface area contributed by atoms with Crippen LogP contribution in [0.25, 0.3) is 0 Å². The Bertz CT molecular complexity index is 460. The molecule has 1 aromatic heterocycles. The van der Waals surface area contributed by atoms with Crippen LogP contribution in [0.5, 0.6) is 0 Å². The summed E-state index contributed by atoms with van der Waals surface area (Å²) in [6, 6.07) is 3.46. The number of nitrogens with zero attached hydrogens (tertiary/aromatic N) is 2. The molecule has 0 N–H and O–H groups in total. The Kier molecular flexibility index (Phi) is 3.66. The molecule has 1 aromatic rings. The Morgan fingerprint density at radius 1 is 1.71 bits per heavy atom. The van der Waals surface area contributed by atoms with Crippen molar-refractivity contribution < 1.29 is 8.42 Å². The van der Waals surface area contributed by atoms with Crippen LogP contribution in [0.4, 0.5) is 0 Å². The maximum absolute atomic E-state index is 11.8. The lowest BCUT2D eigenvalue weighted by atomic mass is 10.7. The van der Waals surface area contributed by atoms with E-state index >= 15 is 0 Å². The smallest absolute Gasteiger partial charge is 0.206 e. The molecule has 0 aromatic carbocycles. The number of hydrogen-bond acceptors (Lipinski definition) is 4. The highest BCUT2D eigenvalue weighted by Crippen LogP contribution is 2.29. The molecule has 0 spiro atoms. The highest BCUT2D eigenvalue weighted by Gasteiger charge is 2.24. The van der Waals surface area contributed by atoms with Crippen LogP contribution >= 0.6 is 27.3 Å². The molecule has 0 aliphatic rings. The van der Waals surface area contributed by atoms with Crippen molar-refractivity contribution in [1.29, 1.82) is 5.26 Å². The minimum atomic E-state index is -3.51. The molecule has 0 aliphatic heterocycles. The summed E-state index contributed by atoms with van der Waals surface area (Å²) in [5.41, 5.74) is 0. The first-order chi connectivity index (χ1) is 6.50. The maximum atomic E-state index is 11.8. The number of thiophene rings is 1. The molecule has 1 rings (SSSR count). The minimum absolute atomic E-state index is 0.146. The van der Waals surface area contributed by atoms with E-state index in [1.165, 1.54) is 7.05 Å². The normalized spacial score (nSPS) is 11.6. The van der Waals surface area contributed by atoms with Gasteiger partial charge in [0.1, 0.15) is 10.8 Å². The Hall–Kier alpha value is -0.420. The molecule has 0 unspecified atom stereocenters. The van der Waals surface area contributed by atoms with Crippen LogP contribution in [0, 0.1) is 11.3 Å². The van der Waals surface area contributed by atoms with Gasteiger partial charge in [-0.3, -0.25) is 0 Å². The zero-order valence-corrected chi connectivity index (χ0v) is 10.5. The Morgan fingerprint density at radius 2 is 2.36 bits per heavy atom. The standard InChI is InChI=1S/C7H7BrN2O2S2/c1-10(4-3-9)14(11,12)7-6(8)2-5-13-7/h2,5H,4H2,1H3. The van der Waals surface area contributed by atoms with Crippen LogP contribution in [-0.2, 0) is 10.0 Å². The van der Waals surface area contributed by atoms with Crippen LogP contribution < -0.4 is 0 Å². The predicted octanol–water partition coefficient (Wildman–Crippen LogP) is 1.65. The molecule has 0 fully saturated rings. The van der Waals surface area contributed by atoms with Gasteiger partial charge in [-0.2, -0.15) is 9.57 Å². The second-order valence-corrected chi connectivity index (χ2v) is 6.49. The van der Waals surface area contributed by atoms with Crippen molar-refractivity contribution in [1.82, 2.24) is 4.31 Å². The van der Waals surface area contributed by atoms with Crippen molar-refractivity contribution in [3.63, 3.8) is 0 Å². The van der Waals surface area contributed by atoms with Gasteiger partial charge in [-0.15, -0.1) is 11.3 Å². The first-order valence-corrected chi connectivity index (χ1v) is 6.67. The average Bonchev–Trinajstić information content (AvgIpc) is 2.52. The molecule has 0 saturated carbocycles. The summed E-state index contributed by atoms with van der Waals surface area (Å²) >= 11 is 4.27. The molecule has 0 radical (unpaired) electrons. The lowest BCUT2D eigenvalue weighted by molar-refractivity contribution is 0.503. The largest absolute Gasteiger partial charge is 0.254 e. The number of nitriles is 1. The van der Waals surface area contributed by atoms with Gasteiger partial charge >= 0.3 is 0 Å². The molecule has 0 bridgehead atoms. The zero-order chi connectivity index (χ0) is 10.8. The molecule has 76 valence electrons. The van der Waals surface area contributed by atoms with E-state index in [2.05, 4.69) is 15.9 Å². The zero-order valence-electron chi connectivity index (χ0n) is 7.27. The molecular formula is C7H7BrN2O2S2. The third-order valence-electron chi connectivity index (χ3n) is 1.52. The van der Waals surface area contributed by atoms with E-state index in [0.717, 1.165) is 15.6 Å². The van der Waals surface area contributed by atoms with Gasteiger partial charge in [0, 0.05) is 11.5 Å². The lowest BCUT2D eigenvalue weighted by Crippen LogP contribution is -2.26. The quantitative estimate of drug-likeness (QED) is 0.797. The van der Waals surface area contributed by atoms with Gasteiger partial charge in [-0.1, -0.05) is 0 Å². The second kappa shape index (κ2) is 4.40. The highest BCUT2D eigenvalue weighted by atomic mass is 79.9.